The van der Waals surface area contributed by atoms with Gasteiger partial charge in [0.25, 0.3) is 5.69 Å². The van der Waals surface area contributed by atoms with Crippen LogP contribution in [0.3, 0.4) is 0 Å². The molecule has 8 heteroatoms. The maximum absolute atomic E-state index is 12.5. The number of nitro groups is 1. The van der Waals surface area contributed by atoms with Gasteiger partial charge < -0.3 is 14.6 Å². The van der Waals surface area contributed by atoms with Crippen molar-refractivity contribution in [2.45, 2.75) is 18.8 Å². The minimum atomic E-state index is -0.454. The van der Waals surface area contributed by atoms with Gasteiger partial charge in [0.05, 0.1) is 11.5 Å². The fourth-order valence-corrected chi connectivity index (χ4v) is 3.46. The molecule has 1 aliphatic heterocycles. The van der Waals surface area contributed by atoms with Crippen LogP contribution < -0.4 is 5.32 Å². The average Bonchev–Trinajstić information content (AvgIpc) is 3.16. The summed E-state index contributed by atoms with van der Waals surface area (Å²) < 4.78 is 5.86. The van der Waals surface area contributed by atoms with E-state index in [2.05, 4.69) is 10.3 Å². The zero-order chi connectivity index (χ0) is 19.5. The molecule has 1 saturated heterocycles. The maximum Gasteiger partial charge on any atom is 0.271 e. The van der Waals surface area contributed by atoms with Gasteiger partial charge in [0, 0.05) is 36.8 Å². The summed E-state index contributed by atoms with van der Waals surface area (Å²) in [6.07, 6.45) is 1.60. The number of benzene rings is 2. The Kier molecular flexibility index (Phi) is 4.92. The first-order valence-corrected chi connectivity index (χ1v) is 9.22. The quantitative estimate of drug-likeness (QED) is 0.536. The fourth-order valence-electron chi connectivity index (χ4n) is 3.46. The topological polar surface area (TPSA) is 102 Å². The Labute approximate surface area is 161 Å². The summed E-state index contributed by atoms with van der Waals surface area (Å²) in [5, 5.41) is 13.8. The Balaban J connectivity index is 1.31. The molecule has 1 fully saturated rings. The van der Waals surface area contributed by atoms with Gasteiger partial charge in [0.2, 0.25) is 5.91 Å². The van der Waals surface area contributed by atoms with Crippen molar-refractivity contribution in [1.82, 2.24) is 9.88 Å². The van der Waals surface area contributed by atoms with E-state index >= 15 is 0 Å². The number of anilines is 1. The lowest BCUT2D eigenvalue weighted by atomic mass is 9.97. The van der Waals surface area contributed by atoms with Gasteiger partial charge in [-0.2, -0.15) is 0 Å². The number of carbonyl (C=O) groups is 1. The third-order valence-electron chi connectivity index (χ3n) is 5.01. The zero-order valence-corrected chi connectivity index (χ0v) is 15.2. The summed E-state index contributed by atoms with van der Waals surface area (Å²) in [4.78, 5) is 29.2. The minimum Gasteiger partial charge on any atom is -0.440 e. The molecule has 28 heavy (non-hydrogen) atoms. The molecule has 144 valence electrons. The second-order valence-electron chi connectivity index (χ2n) is 6.84. The number of nitrogens with one attached hydrogen (secondary N) is 1. The van der Waals surface area contributed by atoms with E-state index in [4.69, 9.17) is 4.42 Å². The van der Waals surface area contributed by atoms with Gasteiger partial charge >= 0.3 is 0 Å². The van der Waals surface area contributed by atoms with Gasteiger partial charge in [-0.15, -0.1) is 0 Å². The summed E-state index contributed by atoms with van der Waals surface area (Å²) >= 11 is 0. The van der Waals surface area contributed by atoms with E-state index in [-0.39, 0.29) is 24.1 Å². The number of rotatable bonds is 5. The van der Waals surface area contributed by atoms with Crippen molar-refractivity contribution < 1.29 is 14.1 Å². The van der Waals surface area contributed by atoms with Crippen molar-refractivity contribution in [3.63, 3.8) is 0 Å². The number of nitrogens with zero attached hydrogens (tertiary/aromatic N) is 3. The second kappa shape index (κ2) is 7.67. The van der Waals surface area contributed by atoms with E-state index in [1.165, 1.54) is 12.1 Å². The number of nitro benzene ring substituents is 1. The van der Waals surface area contributed by atoms with Crippen molar-refractivity contribution in [3.8, 4) is 0 Å². The lowest BCUT2D eigenvalue weighted by molar-refractivity contribution is -0.384. The minimum absolute atomic E-state index is 0.00315. The summed E-state index contributed by atoms with van der Waals surface area (Å²) in [6, 6.07) is 13.8. The Morgan fingerprint density at radius 3 is 2.75 bits per heavy atom. The highest BCUT2D eigenvalue weighted by Crippen LogP contribution is 2.30. The second-order valence-corrected chi connectivity index (χ2v) is 6.84. The third kappa shape index (κ3) is 3.80. The van der Waals surface area contributed by atoms with Crippen molar-refractivity contribution in [1.29, 1.82) is 0 Å². The summed E-state index contributed by atoms with van der Waals surface area (Å²) in [5.41, 5.74) is 2.20. The van der Waals surface area contributed by atoms with Gasteiger partial charge in [0.1, 0.15) is 5.52 Å². The molecule has 1 amide bonds. The van der Waals surface area contributed by atoms with Crippen molar-refractivity contribution >= 4 is 28.4 Å². The molecule has 3 aromatic rings. The molecular weight excluding hydrogens is 360 g/mol. The molecule has 1 aromatic heterocycles. The molecule has 1 N–H and O–H groups in total. The predicted molar refractivity (Wildman–Crippen MR) is 104 cm³/mol. The first-order chi connectivity index (χ1) is 13.6. The number of para-hydroxylation sites is 2. The van der Waals surface area contributed by atoms with E-state index in [1.807, 2.05) is 29.2 Å². The van der Waals surface area contributed by atoms with Gasteiger partial charge in [-0.1, -0.05) is 18.2 Å². The monoisotopic (exact) mass is 380 g/mol. The Morgan fingerprint density at radius 2 is 2.00 bits per heavy atom. The lowest BCUT2D eigenvalue weighted by Gasteiger charge is -2.30. The van der Waals surface area contributed by atoms with Crippen LogP contribution in [0.5, 0.6) is 0 Å². The van der Waals surface area contributed by atoms with Crippen LogP contribution in [0.15, 0.2) is 52.9 Å². The number of fused-ring (bicyclic) bond motifs is 1. The van der Waals surface area contributed by atoms with Crippen LogP contribution in [-0.4, -0.2) is 40.3 Å². The molecule has 4 rings (SSSR count). The number of hydrogen-bond donors (Lipinski definition) is 1. The smallest absolute Gasteiger partial charge is 0.271 e. The number of likely N-dealkylation sites (tertiary alicyclic amines) is 1. The highest BCUT2D eigenvalue weighted by molar-refractivity contribution is 5.81. The van der Waals surface area contributed by atoms with Crippen molar-refractivity contribution in [2.24, 2.45) is 0 Å². The molecule has 0 bridgehead atoms. The van der Waals surface area contributed by atoms with E-state index in [1.54, 1.807) is 12.1 Å². The number of carbonyl (C=O) groups excluding carboxylic acids is 1. The molecule has 1 aliphatic rings. The van der Waals surface area contributed by atoms with Gasteiger partial charge in [-0.25, -0.2) is 4.98 Å². The molecule has 0 atom stereocenters. The first kappa shape index (κ1) is 18.0. The van der Waals surface area contributed by atoms with Crippen LogP contribution in [-0.2, 0) is 4.79 Å². The maximum atomic E-state index is 12.5. The SMILES string of the molecule is O=C(CNc1cccc([N+](=O)[O-])c1)N1CCC(c2nc3ccccc3o2)CC1. The molecule has 0 saturated carbocycles. The van der Waals surface area contributed by atoms with Crippen LogP contribution in [0.25, 0.3) is 11.1 Å². The molecular formula is C20H20N4O4. The van der Waals surface area contributed by atoms with Crippen LogP contribution in [0.1, 0.15) is 24.7 Å². The third-order valence-corrected chi connectivity index (χ3v) is 5.01. The Bertz CT molecular complexity index is 975. The molecule has 0 spiro atoms. The first-order valence-electron chi connectivity index (χ1n) is 9.22. The zero-order valence-electron chi connectivity index (χ0n) is 15.2. The van der Waals surface area contributed by atoms with Gasteiger partial charge in [0.15, 0.2) is 11.5 Å². The number of hydrogen-bond acceptors (Lipinski definition) is 6. The van der Waals surface area contributed by atoms with E-state index < -0.39 is 4.92 Å². The normalized spacial score (nSPS) is 14.9. The molecule has 2 aromatic carbocycles. The van der Waals surface area contributed by atoms with E-state index in [0.29, 0.717) is 18.8 Å². The summed E-state index contributed by atoms with van der Waals surface area (Å²) in [7, 11) is 0. The number of aromatic nitrogens is 1. The standard InChI is InChI=1S/C20H20N4O4/c25-19(13-21-15-4-3-5-16(12-15)24(26)27)23-10-8-14(9-11-23)20-22-17-6-1-2-7-18(17)28-20/h1-7,12,14,21H,8-11,13H2. The molecule has 0 aliphatic carbocycles. The molecule has 2 heterocycles. The van der Waals surface area contributed by atoms with E-state index in [0.717, 1.165) is 29.8 Å². The summed E-state index contributed by atoms with van der Waals surface area (Å²) in [6.45, 7) is 1.38. The van der Waals surface area contributed by atoms with Crippen LogP contribution in [0.2, 0.25) is 0 Å². The molecule has 0 radical (unpaired) electrons. The van der Waals surface area contributed by atoms with Crippen LogP contribution >= 0.6 is 0 Å². The molecule has 8 nitrogen and oxygen atoms in total. The van der Waals surface area contributed by atoms with Crippen molar-refractivity contribution in [3.05, 3.63) is 64.5 Å². The highest BCUT2D eigenvalue weighted by atomic mass is 16.6. The highest BCUT2D eigenvalue weighted by Gasteiger charge is 2.26. The Hall–Kier alpha value is -3.42. The number of non-ortho nitro benzene ring substituents is 1. The lowest BCUT2D eigenvalue weighted by Crippen LogP contribution is -2.41. The number of piperidine rings is 1. The predicted octanol–water partition coefficient (Wildman–Crippen LogP) is 3.55. The Morgan fingerprint density at radius 1 is 1.21 bits per heavy atom. The largest absolute Gasteiger partial charge is 0.440 e. The van der Waals surface area contributed by atoms with Crippen LogP contribution in [0, 0.1) is 10.1 Å². The van der Waals surface area contributed by atoms with Gasteiger partial charge in [-0.3, -0.25) is 14.9 Å². The van der Waals surface area contributed by atoms with Crippen molar-refractivity contribution in [2.75, 3.05) is 25.0 Å². The van der Waals surface area contributed by atoms with Crippen LogP contribution in [0.4, 0.5) is 11.4 Å². The average molecular weight is 380 g/mol. The number of amides is 1. The number of oxazole rings is 1. The van der Waals surface area contributed by atoms with Gasteiger partial charge in [-0.05, 0) is 31.0 Å². The van der Waals surface area contributed by atoms with E-state index in [9.17, 15) is 14.9 Å². The molecule has 0 unspecified atom stereocenters. The summed E-state index contributed by atoms with van der Waals surface area (Å²) in [5.74, 6) is 0.923. The fraction of sp³-hybridized carbons (Fsp3) is 0.300.